The van der Waals surface area contributed by atoms with Crippen LogP contribution in [0.2, 0.25) is 0 Å². The predicted octanol–water partition coefficient (Wildman–Crippen LogP) is 2.69. The summed E-state index contributed by atoms with van der Waals surface area (Å²) in [5.41, 5.74) is 3.77. The van der Waals surface area contributed by atoms with E-state index >= 15 is 0 Å². The molecular formula is C18H29N3O. The van der Waals surface area contributed by atoms with Gasteiger partial charge in [-0.05, 0) is 31.0 Å². The molecule has 4 nitrogen and oxygen atoms in total. The van der Waals surface area contributed by atoms with Gasteiger partial charge in [-0.1, -0.05) is 32.0 Å². The van der Waals surface area contributed by atoms with Gasteiger partial charge in [0.1, 0.15) is 0 Å². The second-order valence-corrected chi connectivity index (χ2v) is 6.55. The van der Waals surface area contributed by atoms with Crippen molar-refractivity contribution in [1.29, 1.82) is 0 Å². The van der Waals surface area contributed by atoms with Crippen LogP contribution in [0.1, 0.15) is 37.3 Å². The highest BCUT2D eigenvalue weighted by Gasteiger charge is 2.18. The van der Waals surface area contributed by atoms with Gasteiger partial charge in [0.05, 0.1) is 0 Å². The number of rotatable bonds is 5. The molecule has 0 saturated carbocycles. The lowest BCUT2D eigenvalue weighted by atomic mass is 9.98. The number of carbonyl (C=O) groups is 1. The molecule has 1 saturated heterocycles. The zero-order valence-corrected chi connectivity index (χ0v) is 14.4. The molecule has 4 heteroatoms. The first-order valence-electron chi connectivity index (χ1n) is 8.28. The van der Waals surface area contributed by atoms with E-state index in [9.17, 15) is 4.79 Å². The summed E-state index contributed by atoms with van der Waals surface area (Å²) >= 11 is 0. The quantitative estimate of drug-likeness (QED) is 0.908. The zero-order valence-electron chi connectivity index (χ0n) is 14.4. The third-order valence-corrected chi connectivity index (χ3v) is 4.42. The van der Waals surface area contributed by atoms with E-state index in [2.05, 4.69) is 56.2 Å². The summed E-state index contributed by atoms with van der Waals surface area (Å²) in [4.78, 5) is 16.5. The molecular weight excluding hydrogens is 274 g/mol. The van der Waals surface area contributed by atoms with Crippen molar-refractivity contribution < 1.29 is 4.79 Å². The summed E-state index contributed by atoms with van der Waals surface area (Å²) < 4.78 is 0. The molecule has 1 amide bonds. The molecule has 0 unspecified atom stereocenters. The van der Waals surface area contributed by atoms with E-state index in [1.54, 1.807) is 0 Å². The third-order valence-electron chi connectivity index (χ3n) is 4.42. The Morgan fingerprint density at radius 2 is 1.91 bits per heavy atom. The van der Waals surface area contributed by atoms with Gasteiger partial charge in [0.2, 0.25) is 5.91 Å². The number of nitrogens with zero attached hydrogens (tertiary/aromatic N) is 2. The number of amides is 1. The minimum atomic E-state index is 0.264. The van der Waals surface area contributed by atoms with Gasteiger partial charge in [-0.15, -0.1) is 0 Å². The van der Waals surface area contributed by atoms with Crippen molar-refractivity contribution in [3.63, 3.8) is 0 Å². The molecule has 1 fully saturated rings. The Kier molecular flexibility index (Phi) is 5.83. The monoisotopic (exact) mass is 303 g/mol. The molecule has 22 heavy (non-hydrogen) atoms. The molecule has 1 heterocycles. The van der Waals surface area contributed by atoms with Gasteiger partial charge in [0.25, 0.3) is 0 Å². The standard InChI is InChI=1S/C18H29N3O/c1-14(2)16-7-5-6-15(3)18(16)19-9-8-17(22)21-12-10-20(4)11-13-21/h5-7,14,19H,8-13H2,1-4H3. The Morgan fingerprint density at radius 1 is 1.23 bits per heavy atom. The van der Waals surface area contributed by atoms with Crippen LogP contribution in [0.4, 0.5) is 5.69 Å². The normalized spacial score (nSPS) is 16.1. The van der Waals surface area contributed by atoms with Gasteiger partial charge in [-0.25, -0.2) is 0 Å². The van der Waals surface area contributed by atoms with Gasteiger partial charge in [-0.2, -0.15) is 0 Å². The fourth-order valence-corrected chi connectivity index (χ4v) is 2.92. The van der Waals surface area contributed by atoms with Crippen LogP contribution >= 0.6 is 0 Å². The number of hydrogen-bond donors (Lipinski definition) is 1. The van der Waals surface area contributed by atoms with Gasteiger partial charge in [0.15, 0.2) is 0 Å². The van der Waals surface area contributed by atoms with Gasteiger partial charge < -0.3 is 15.1 Å². The Bertz CT molecular complexity index is 505. The van der Waals surface area contributed by atoms with Crippen molar-refractivity contribution in [3.8, 4) is 0 Å². The summed E-state index contributed by atoms with van der Waals surface area (Å²) in [5.74, 6) is 0.746. The maximum atomic E-state index is 12.3. The number of hydrogen-bond acceptors (Lipinski definition) is 3. The summed E-state index contributed by atoms with van der Waals surface area (Å²) in [6.45, 7) is 10.9. The molecule has 0 radical (unpaired) electrons. The van der Waals surface area contributed by atoms with Gasteiger partial charge in [0, 0.05) is 44.8 Å². The first-order chi connectivity index (χ1) is 10.5. The van der Waals surface area contributed by atoms with E-state index in [0.29, 0.717) is 18.9 Å². The van der Waals surface area contributed by atoms with E-state index in [1.807, 2.05) is 4.90 Å². The van der Waals surface area contributed by atoms with Crippen LogP contribution < -0.4 is 5.32 Å². The summed E-state index contributed by atoms with van der Waals surface area (Å²) in [5, 5.41) is 3.48. The number of piperazine rings is 1. The summed E-state index contributed by atoms with van der Waals surface area (Å²) in [6.07, 6.45) is 0.565. The number of likely N-dealkylation sites (N-methyl/N-ethyl adjacent to an activating group) is 1. The molecule has 2 rings (SSSR count). The van der Waals surface area contributed by atoms with Crippen molar-refractivity contribution in [2.24, 2.45) is 0 Å². The highest BCUT2D eigenvalue weighted by molar-refractivity contribution is 5.77. The summed E-state index contributed by atoms with van der Waals surface area (Å²) in [7, 11) is 2.11. The lowest BCUT2D eigenvalue weighted by Crippen LogP contribution is -2.47. The van der Waals surface area contributed by atoms with E-state index in [-0.39, 0.29) is 5.91 Å². The van der Waals surface area contributed by atoms with Crippen molar-refractivity contribution in [1.82, 2.24) is 9.80 Å². The summed E-state index contributed by atoms with van der Waals surface area (Å²) in [6, 6.07) is 6.39. The van der Waals surface area contributed by atoms with E-state index in [0.717, 1.165) is 26.2 Å². The molecule has 0 spiro atoms. The van der Waals surface area contributed by atoms with Crippen LogP contribution in [-0.2, 0) is 4.79 Å². The lowest BCUT2D eigenvalue weighted by molar-refractivity contribution is -0.132. The molecule has 0 atom stereocenters. The number of aryl methyl sites for hydroxylation is 1. The van der Waals surface area contributed by atoms with Crippen molar-refractivity contribution in [2.45, 2.75) is 33.1 Å². The van der Waals surface area contributed by atoms with E-state index < -0.39 is 0 Å². The second kappa shape index (κ2) is 7.63. The highest BCUT2D eigenvalue weighted by Crippen LogP contribution is 2.27. The predicted molar refractivity (Wildman–Crippen MR) is 92.5 cm³/mol. The molecule has 0 aromatic heterocycles. The van der Waals surface area contributed by atoms with E-state index in [1.165, 1.54) is 16.8 Å². The maximum Gasteiger partial charge on any atom is 0.224 e. The van der Waals surface area contributed by atoms with Gasteiger partial charge in [-0.3, -0.25) is 4.79 Å². The molecule has 122 valence electrons. The largest absolute Gasteiger partial charge is 0.384 e. The highest BCUT2D eigenvalue weighted by atomic mass is 16.2. The first-order valence-corrected chi connectivity index (χ1v) is 8.28. The molecule has 1 aromatic rings. The fourth-order valence-electron chi connectivity index (χ4n) is 2.92. The number of para-hydroxylation sites is 1. The number of nitrogens with one attached hydrogen (secondary N) is 1. The molecule has 0 bridgehead atoms. The molecule has 1 aliphatic heterocycles. The van der Waals surface area contributed by atoms with Crippen LogP contribution in [0.3, 0.4) is 0 Å². The Balaban J connectivity index is 1.87. The second-order valence-electron chi connectivity index (χ2n) is 6.55. The van der Waals surface area contributed by atoms with Crippen LogP contribution in [-0.4, -0.2) is 55.5 Å². The van der Waals surface area contributed by atoms with Crippen molar-refractivity contribution in [2.75, 3.05) is 45.1 Å². The Morgan fingerprint density at radius 3 is 2.55 bits per heavy atom. The third kappa shape index (κ3) is 4.23. The lowest BCUT2D eigenvalue weighted by Gasteiger charge is -2.32. The SMILES string of the molecule is Cc1cccc(C(C)C)c1NCCC(=O)N1CCN(C)CC1. The minimum Gasteiger partial charge on any atom is -0.384 e. The molecule has 1 N–H and O–H groups in total. The van der Waals surface area contributed by atoms with Crippen LogP contribution in [0.25, 0.3) is 0 Å². The fraction of sp³-hybridized carbons (Fsp3) is 0.611. The molecule has 1 aromatic carbocycles. The molecule has 0 aliphatic carbocycles. The van der Waals surface area contributed by atoms with Crippen LogP contribution in [0.5, 0.6) is 0 Å². The van der Waals surface area contributed by atoms with Crippen LogP contribution in [0.15, 0.2) is 18.2 Å². The van der Waals surface area contributed by atoms with Gasteiger partial charge >= 0.3 is 0 Å². The topological polar surface area (TPSA) is 35.6 Å². The smallest absolute Gasteiger partial charge is 0.224 e. The Labute approximate surface area is 134 Å². The number of anilines is 1. The van der Waals surface area contributed by atoms with Crippen molar-refractivity contribution >= 4 is 11.6 Å². The maximum absolute atomic E-state index is 12.3. The Hall–Kier alpha value is -1.55. The number of benzene rings is 1. The molecule has 1 aliphatic rings. The van der Waals surface area contributed by atoms with E-state index in [4.69, 9.17) is 0 Å². The average Bonchev–Trinajstić information content (AvgIpc) is 2.49. The van der Waals surface area contributed by atoms with Crippen LogP contribution in [0, 0.1) is 6.92 Å². The minimum absolute atomic E-state index is 0.264. The average molecular weight is 303 g/mol. The van der Waals surface area contributed by atoms with Crippen molar-refractivity contribution in [3.05, 3.63) is 29.3 Å². The number of carbonyl (C=O) groups excluding carboxylic acids is 1. The zero-order chi connectivity index (χ0) is 16.1. The first kappa shape index (κ1) is 16.8.